The van der Waals surface area contributed by atoms with Crippen LogP contribution in [0.5, 0.6) is 11.5 Å². The van der Waals surface area contributed by atoms with E-state index in [1.54, 1.807) is 6.92 Å². The molecule has 1 fully saturated rings. The Morgan fingerprint density at radius 3 is 2.00 bits per heavy atom. The molecular weight excluding hydrogens is 635 g/mol. The number of β-lactam (4-membered cyclic amide) rings is 1. The maximum absolute atomic E-state index is 13.9. The highest BCUT2D eigenvalue weighted by molar-refractivity contribution is 8.01. The maximum atomic E-state index is 13.9. The molecule has 0 spiro atoms. The number of aromatic nitrogens is 1. The second-order valence-corrected chi connectivity index (χ2v) is 13.0. The molecule has 2 bridgehead atoms. The summed E-state index contributed by atoms with van der Waals surface area (Å²) in [7, 11) is 1.43. The molecule has 1 aromatic heterocycles. The molecule has 11 heteroatoms. The number of carbonyl (C=O) groups excluding carboxylic acids is 3. The van der Waals surface area contributed by atoms with Gasteiger partial charge in [0.2, 0.25) is 5.91 Å². The molecule has 238 valence electrons. The molecule has 47 heavy (non-hydrogen) atoms. The minimum Gasteiger partial charge on any atom is -0.499 e. The molecule has 2 amide bonds. The van der Waals surface area contributed by atoms with E-state index in [-0.39, 0.29) is 17.4 Å². The molecular formula is C36H31N3O6S2. The lowest BCUT2D eigenvalue weighted by Gasteiger charge is -2.46. The fourth-order valence-electron chi connectivity index (χ4n) is 5.11. The van der Waals surface area contributed by atoms with Gasteiger partial charge in [0.25, 0.3) is 5.91 Å². The second kappa shape index (κ2) is 14.1. The SMILES string of the molecule is COC(C)=C(C(=O)OC(c1ccccc1)c1ccccc1)N1C(=O)C(NC(C)=O)C1Sc1nc2ccccc2s1.c1cc2cc(c1)O2. The molecule has 3 aliphatic rings. The third kappa shape index (κ3) is 7.01. The summed E-state index contributed by atoms with van der Waals surface area (Å²) in [4.78, 5) is 45.3. The molecule has 1 saturated heterocycles. The van der Waals surface area contributed by atoms with E-state index in [1.807, 2.05) is 109 Å². The molecule has 9 nitrogen and oxygen atoms in total. The fraction of sp³-hybridized carbons (Fsp3) is 0.167. The number of esters is 1. The van der Waals surface area contributed by atoms with Crippen LogP contribution in [0.25, 0.3) is 10.2 Å². The van der Waals surface area contributed by atoms with Gasteiger partial charge in [-0.3, -0.25) is 14.5 Å². The number of benzene rings is 4. The minimum atomic E-state index is -0.846. The Hall–Kier alpha value is -5.13. The number of rotatable bonds is 9. The first-order valence-corrected chi connectivity index (χ1v) is 16.5. The standard InChI is InChI=1S/C30H27N3O5S2.C6H4O/c1-18(37-3)25(29(36)38-26(20-12-6-4-7-13-20)21-14-8-5-9-15-21)33-27(35)24(31-19(2)34)28(33)40-30-32-22-16-10-11-17-23(22)39-30;1-2-5-4-6(3-1)7-5/h4-17,24,26,28H,1-3H3,(H,31,34);1-4H. The summed E-state index contributed by atoms with van der Waals surface area (Å²) in [5, 5.41) is 2.07. The Labute approximate surface area is 280 Å². The van der Waals surface area contributed by atoms with E-state index in [1.165, 1.54) is 42.0 Å². The number of hydrogen-bond donors (Lipinski definition) is 1. The van der Waals surface area contributed by atoms with Gasteiger partial charge in [0.1, 0.15) is 28.7 Å². The Balaban J connectivity index is 0.000000482. The van der Waals surface area contributed by atoms with Crippen LogP contribution in [0.2, 0.25) is 0 Å². The quantitative estimate of drug-likeness (QED) is 0.0757. The summed E-state index contributed by atoms with van der Waals surface area (Å²) in [6.45, 7) is 2.96. The summed E-state index contributed by atoms with van der Waals surface area (Å²) in [5.41, 5.74) is 2.37. The Morgan fingerprint density at radius 1 is 0.894 bits per heavy atom. The lowest BCUT2D eigenvalue weighted by atomic mass is 10.0. The molecule has 3 aliphatic heterocycles. The number of thioether (sulfide) groups is 1. The largest absolute Gasteiger partial charge is 0.499 e. The van der Waals surface area contributed by atoms with Crippen molar-refractivity contribution in [3.05, 3.63) is 132 Å². The van der Waals surface area contributed by atoms with E-state index < -0.39 is 29.4 Å². The van der Waals surface area contributed by atoms with E-state index in [0.29, 0.717) is 4.34 Å². The average molecular weight is 666 g/mol. The van der Waals surface area contributed by atoms with Crippen molar-refractivity contribution in [2.45, 2.75) is 35.7 Å². The molecule has 0 aliphatic carbocycles. The van der Waals surface area contributed by atoms with Gasteiger partial charge < -0.3 is 19.5 Å². The molecule has 0 saturated carbocycles. The van der Waals surface area contributed by atoms with Crippen LogP contribution < -0.4 is 10.1 Å². The molecule has 0 radical (unpaired) electrons. The Kier molecular flexibility index (Phi) is 9.55. The number of methoxy groups -OCH3 is 1. The van der Waals surface area contributed by atoms with E-state index in [4.69, 9.17) is 14.2 Å². The fourth-order valence-corrected chi connectivity index (χ4v) is 7.56. The molecule has 8 rings (SSSR count). The summed E-state index contributed by atoms with van der Waals surface area (Å²) in [5.74, 6) is 0.678. The van der Waals surface area contributed by atoms with Crippen LogP contribution in [0.4, 0.5) is 0 Å². The smallest absolute Gasteiger partial charge is 0.359 e. The number of ether oxygens (including phenoxy) is 3. The summed E-state index contributed by atoms with van der Waals surface area (Å²) in [6.07, 6.45) is -0.715. The van der Waals surface area contributed by atoms with Gasteiger partial charge in [-0.1, -0.05) is 90.6 Å². The van der Waals surface area contributed by atoms with Crippen LogP contribution >= 0.6 is 23.1 Å². The van der Waals surface area contributed by atoms with Crippen molar-refractivity contribution < 1.29 is 28.6 Å². The summed E-state index contributed by atoms with van der Waals surface area (Å²) >= 11 is 2.78. The third-order valence-corrected chi connectivity index (χ3v) is 9.83. The normalized spacial score (nSPS) is 16.5. The van der Waals surface area contributed by atoms with Gasteiger partial charge in [-0.05, 0) is 42.3 Å². The molecule has 2 unspecified atom stereocenters. The first-order chi connectivity index (χ1) is 22.8. The number of nitrogens with one attached hydrogen (secondary N) is 1. The predicted molar refractivity (Wildman–Crippen MR) is 181 cm³/mol. The highest BCUT2D eigenvalue weighted by atomic mass is 32.2. The number of fused-ring (bicyclic) bond motifs is 3. The number of nitrogens with zero attached hydrogens (tertiary/aromatic N) is 2. The van der Waals surface area contributed by atoms with Gasteiger partial charge in [-0.25, -0.2) is 9.78 Å². The number of likely N-dealkylation sites (tertiary alicyclic amines) is 1. The molecule has 5 aromatic rings. The van der Waals surface area contributed by atoms with Crippen LogP contribution in [0.3, 0.4) is 0 Å². The first kappa shape index (κ1) is 31.8. The molecule has 2 atom stereocenters. The second-order valence-electron chi connectivity index (χ2n) is 10.6. The van der Waals surface area contributed by atoms with Gasteiger partial charge in [-0.15, -0.1) is 11.3 Å². The van der Waals surface area contributed by atoms with Gasteiger partial charge in [-0.2, -0.15) is 0 Å². The van der Waals surface area contributed by atoms with Crippen molar-refractivity contribution in [1.29, 1.82) is 0 Å². The predicted octanol–water partition coefficient (Wildman–Crippen LogP) is 7.06. The van der Waals surface area contributed by atoms with E-state index >= 15 is 0 Å². The number of para-hydroxylation sites is 1. The van der Waals surface area contributed by atoms with Gasteiger partial charge in [0.05, 0.1) is 17.3 Å². The number of carbonyl (C=O) groups is 3. The van der Waals surface area contributed by atoms with Gasteiger partial charge >= 0.3 is 5.97 Å². The number of hydrogen-bond acceptors (Lipinski definition) is 9. The van der Waals surface area contributed by atoms with E-state index in [9.17, 15) is 14.4 Å². The minimum absolute atomic E-state index is 0.0235. The topological polar surface area (TPSA) is 107 Å². The Morgan fingerprint density at radius 2 is 1.49 bits per heavy atom. The first-order valence-electron chi connectivity index (χ1n) is 14.8. The van der Waals surface area contributed by atoms with E-state index in [0.717, 1.165) is 32.8 Å². The number of thiazole rings is 1. The van der Waals surface area contributed by atoms with Crippen molar-refractivity contribution in [1.82, 2.24) is 15.2 Å². The monoisotopic (exact) mass is 665 g/mol. The molecule has 4 heterocycles. The van der Waals surface area contributed by atoms with Crippen molar-refractivity contribution in [3.63, 3.8) is 0 Å². The van der Waals surface area contributed by atoms with Crippen LogP contribution in [-0.4, -0.2) is 46.2 Å². The van der Waals surface area contributed by atoms with Crippen LogP contribution in [0, 0.1) is 0 Å². The molecule has 4 aromatic carbocycles. The summed E-state index contributed by atoms with van der Waals surface area (Å²) in [6, 6.07) is 33.5. The van der Waals surface area contributed by atoms with Crippen molar-refractivity contribution in [2.24, 2.45) is 0 Å². The average Bonchev–Trinajstić information content (AvgIpc) is 3.51. The highest BCUT2D eigenvalue weighted by Gasteiger charge is 2.53. The Bertz CT molecular complexity index is 1850. The van der Waals surface area contributed by atoms with Crippen molar-refractivity contribution in [3.8, 4) is 11.5 Å². The zero-order chi connectivity index (χ0) is 32.9. The van der Waals surface area contributed by atoms with Crippen LogP contribution in [0.1, 0.15) is 31.1 Å². The lowest BCUT2D eigenvalue weighted by molar-refractivity contribution is -0.154. The zero-order valence-electron chi connectivity index (χ0n) is 25.8. The third-order valence-electron chi connectivity index (χ3n) is 7.44. The number of amides is 2. The molecule has 1 N–H and O–H groups in total. The van der Waals surface area contributed by atoms with Crippen molar-refractivity contribution >= 4 is 51.1 Å². The van der Waals surface area contributed by atoms with Crippen LogP contribution in [-0.2, 0) is 23.9 Å². The number of allylic oxidation sites excluding steroid dienone is 1. The van der Waals surface area contributed by atoms with Gasteiger partial charge in [0.15, 0.2) is 16.1 Å². The maximum Gasteiger partial charge on any atom is 0.359 e. The zero-order valence-corrected chi connectivity index (χ0v) is 27.4. The lowest BCUT2D eigenvalue weighted by Crippen LogP contribution is -2.69. The highest BCUT2D eigenvalue weighted by Crippen LogP contribution is 2.42. The summed E-state index contributed by atoms with van der Waals surface area (Å²) < 4.78 is 18.3. The van der Waals surface area contributed by atoms with Gasteiger partial charge in [0, 0.05) is 13.0 Å². The van der Waals surface area contributed by atoms with E-state index in [2.05, 4.69) is 10.3 Å². The van der Waals surface area contributed by atoms with Crippen LogP contribution in [0.15, 0.2) is 125 Å². The van der Waals surface area contributed by atoms with Crippen molar-refractivity contribution in [2.75, 3.05) is 7.11 Å².